The molecule has 0 saturated carbocycles. The first-order valence-corrected chi connectivity index (χ1v) is 7.62. The summed E-state index contributed by atoms with van der Waals surface area (Å²) in [6.07, 6.45) is 3.11. The molecule has 1 aromatic rings. The molecule has 6 heteroatoms. The number of amides is 2. The summed E-state index contributed by atoms with van der Waals surface area (Å²) in [7, 11) is 0. The lowest BCUT2D eigenvalue weighted by atomic mass is 10.1. The lowest BCUT2D eigenvalue weighted by Crippen LogP contribution is -2.60. The van der Waals surface area contributed by atoms with Gasteiger partial charge >= 0.3 is 6.09 Å². The lowest BCUT2D eigenvalue weighted by molar-refractivity contribution is -0.00788. The number of aromatic nitrogens is 1. The third kappa shape index (κ3) is 3.61. The Hall–Kier alpha value is -1.98. The van der Waals surface area contributed by atoms with Gasteiger partial charge in [-0.15, -0.1) is 0 Å². The molecule has 2 heterocycles. The molecule has 1 aromatic heterocycles. The number of aromatic amines is 1. The number of nitrogens with zero attached hydrogens (tertiary/aromatic N) is 2. The van der Waals surface area contributed by atoms with E-state index in [0.717, 1.165) is 0 Å². The summed E-state index contributed by atoms with van der Waals surface area (Å²) in [5.41, 5.74) is 0.128. The van der Waals surface area contributed by atoms with Crippen molar-refractivity contribution in [3.63, 3.8) is 0 Å². The van der Waals surface area contributed by atoms with Crippen LogP contribution in [0, 0.1) is 0 Å². The largest absolute Gasteiger partial charge is 0.444 e. The number of hydrogen-bond acceptors (Lipinski definition) is 3. The summed E-state index contributed by atoms with van der Waals surface area (Å²) in [5, 5.41) is 0. The zero-order chi connectivity index (χ0) is 16.5. The van der Waals surface area contributed by atoms with E-state index < -0.39 is 5.60 Å². The molecule has 2 unspecified atom stereocenters. The molecular weight excluding hydrogens is 282 g/mol. The Morgan fingerprint density at radius 3 is 2.32 bits per heavy atom. The molecule has 1 N–H and O–H groups in total. The van der Waals surface area contributed by atoms with Gasteiger partial charge in [-0.1, -0.05) is 0 Å². The van der Waals surface area contributed by atoms with Gasteiger partial charge in [0.05, 0.1) is 5.56 Å². The number of carbonyl (C=O) groups excluding carboxylic acids is 2. The molecule has 122 valence electrons. The van der Waals surface area contributed by atoms with Crippen molar-refractivity contribution >= 4 is 12.0 Å². The molecule has 1 aliphatic rings. The lowest BCUT2D eigenvalue weighted by Gasteiger charge is -2.44. The van der Waals surface area contributed by atoms with Crippen molar-refractivity contribution in [2.24, 2.45) is 0 Å². The van der Waals surface area contributed by atoms with Gasteiger partial charge in [0.2, 0.25) is 0 Å². The standard InChI is InChI=1S/C16H25N3O3/c1-11-10-19(15(21)22-16(3,4)5)12(2)9-18(11)14(20)13-6-7-17-8-13/h6-8,11-12,17H,9-10H2,1-5H3. The van der Waals surface area contributed by atoms with Gasteiger partial charge in [-0.2, -0.15) is 0 Å². The van der Waals surface area contributed by atoms with Gasteiger partial charge in [-0.25, -0.2) is 4.79 Å². The van der Waals surface area contributed by atoms with Crippen molar-refractivity contribution in [3.05, 3.63) is 24.0 Å². The Morgan fingerprint density at radius 2 is 1.77 bits per heavy atom. The van der Waals surface area contributed by atoms with E-state index in [0.29, 0.717) is 18.7 Å². The van der Waals surface area contributed by atoms with Gasteiger partial charge < -0.3 is 19.5 Å². The summed E-state index contributed by atoms with van der Waals surface area (Å²) in [6, 6.07) is 1.64. The van der Waals surface area contributed by atoms with Crippen LogP contribution in [0.2, 0.25) is 0 Å². The van der Waals surface area contributed by atoms with E-state index in [-0.39, 0.29) is 24.1 Å². The van der Waals surface area contributed by atoms with Crippen molar-refractivity contribution < 1.29 is 14.3 Å². The first-order chi connectivity index (χ1) is 10.2. The van der Waals surface area contributed by atoms with E-state index >= 15 is 0 Å². The second kappa shape index (κ2) is 6.02. The van der Waals surface area contributed by atoms with Crippen molar-refractivity contribution in [2.75, 3.05) is 13.1 Å². The second-order valence-corrected chi connectivity index (χ2v) is 6.89. The highest BCUT2D eigenvalue weighted by Gasteiger charge is 2.36. The van der Waals surface area contributed by atoms with E-state index in [1.54, 1.807) is 23.4 Å². The summed E-state index contributed by atoms with van der Waals surface area (Å²) in [6.45, 7) is 10.4. The molecule has 0 aliphatic carbocycles. The van der Waals surface area contributed by atoms with Crippen molar-refractivity contribution in [1.29, 1.82) is 0 Å². The van der Waals surface area contributed by atoms with Crippen molar-refractivity contribution in [1.82, 2.24) is 14.8 Å². The van der Waals surface area contributed by atoms with Crippen LogP contribution in [0.3, 0.4) is 0 Å². The highest BCUT2D eigenvalue weighted by Crippen LogP contribution is 2.20. The fraction of sp³-hybridized carbons (Fsp3) is 0.625. The number of rotatable bonds is 1. The smallest absolute Gasteiger partial charge is 0.410 e. The van der Waals surface area contributed by atoms with Crippen LogP contribution in [-0.4, -0.2) is 57.6 Å². The van der Waals surface area contributed by atoms with Gasteiger partial charge in [0.15, 0.2) is 0 Å². The third-order valence-electron chi connectivity index (χ3n) is 3.72. The number of piperazine rings is 1. The molecule has 0 radical (unpaired) electrons. The van der Waals surface area contributed by atoms with Gasteiger partial charge in [0, 0.05) is 37.6 Å². The van der Waals surface area contributed by atoms with Gasteiger partial charge in [0.25, 0.3) is 5.91 Å². The summed E-state index contributed by atoms with van der Waals surface area (Å²) in [5.74, 6) is -0.00978. The van der Waals surface area contributed by atoms with Crippen LogP contribution in [0.25, 0.3) is 0 Å². The SMILES string of the molecule is CC1CN(C(=O)c2cc[nH]c2)C(C)CN1C(=O)OC(C)(C)C. The number of ether oxygens (including phenoxy) is 1. The van der Waals surface area contributed by atoms with Crippen LogP contribution in [0.1, 0.15) is 45.0 Å². The van der Waals surface area contributed by atoms with Gasteiger partial charge in [-0.05, 0) is 40.7 Å². The Bertz CT molecular complexity index is 533. The zero-order valence-electron chi connectivity index (χ0n) is 13.9. The molecule has 6 nitrogen and oxygen atoms in total. The zero-order valence-corrected chi connectivity index (χ0v) is 13.9. The second-order valence-electron chi connectivity index (χ2n) is 6.89. The fourth-order valence-corrected chi connectivity index (χ4v) is 2.61. The average molecular weight is 307 g/mol. The fourth-order valence-electron chi connectivity index (χ4n) is 2.61. The average Bonchev–Trinajstić information content (AvgIpc) is 2.92. The van der Waals surface area contributed by atoms with E-state index in [1.165, 1.54) is 0 Å². The minimum absolute atomic E-state index is 0.00978. The molecular formula is C16H25N3O3. The molecule has 0 bridgehead atoms. The van der Waals surface area contributed by atoms with Crippen LogP contribution in [0.4, 0.5) is 4.79 Å². The van der Waals surface area contributed by atoms with Crippen LogP contribution in [0.5, 0.6) is 0 Å². The normalized spacial score (nSPS) is 22.6. The van der Waals surface area contributed by atoms with Crippen LogP contribution < -0.4 is 0 Å². The van der Waals surface area contributed by atoms with Crippen molar-refractivity contribution in [3.8, 4) is 0 Å². The summed E-state index contributed by atoms with van der Waals surface area (Å²) in [4.78, 5) is 31.2. The molecule has 1 saturated heterocycles. The Balaban J connectivity index is 2.05. The number of hydrogen-bond donors (Lipinski definition) is 1. The summed E-state index contributed by atoms with van der Waals surface area (Å²) < 4.78 is 5.44. The molecule has 1 aliphatic heterocycles. The van der Waals surface area contributed by atoms with Crippen LogP contribution >= 0.6 is 0 Å². The molecule has 0 spiro atoms. The Morgan fingerprint density at radius 1 is 1.18 bits per heavy atom. The highest BCUT2D eigenvalue weighted by atomic mass is 16.6. The maximum absolute atomic E-state index is 12.5. The number of nitrogens with one attached hydrogen (secondary N) is 1. The Kier molecular flexibility index (Phi) is 4.49. The maximum Gasteiger partial charge on any atom is 0.410 e. The number of carbonyl (C=O) groups is 2. The topological polar surface area (TPSA) is 65.6 Å². The van der Waals surface area contributed by atoms with Crippen LogP contribution in [-0.2, 0) is 4.74 Å². The van der Waals surface area contributed by atoms with Gasteiger partial charge in [-0.3, -0.25) is 4.79 Å². The maximum atomic E-state index is 12.5. The molecule has 2 atom stereocenters. The van der Waals surface area contributed by atoms with E-state index in [1.807, 2.05) is 39.5 Å². The van der Waals surface area contributed by atoms with Crippen molar-refractivity contribution in [2.45, 2.75) is 52.3 Å². The minimum Gasteiger partial charge on any atom is -0.444 e. The molecule has 0 aromatic carbocycles. The molecule has 2 amide bonds. The predicted octanol–water partition coefficient (Wildman–Crippen LogP) is 2.48. The first kappa shape index (κ1) is 16.4. The van der Waals surface area contributed by atoms with E-state index in [2.05, 4.69) is 4.98 Å². The Labute approximate surface area is 131 Å². The number of H-pyrrole nitrogens is 1. The van der Waals surface area contributed by atoms with E-state index in [9.17, 15) is 9.59 Å². The highest BCUT2D eigenvalue weighted by molar-refractivity contribution is 5.94. The van der Waals surface area contributed by atoms with Gasteiger partial charge in [0.1, 0.15) is 5.60 Å². The summed E-state index contributed by atoms with van der Waals surface area (Å²) >= 11 is 0. The quantitative estimate of drug-likeness (QED) is 0.867. The van der Waals surface area contributed by atoms with E-state index in [4.69, 9.17) is 4.74 Å². The van der Waals surface area contributed by atoms with Crippen LogP contribution in [0.15, 0.2) is 18.5 Å². The molecule has 2 rings (SSSR count). The molecule has 22 heavy (non-hydrogen) atoms. The predicted molar refractivity (Wildman–Crippen MR) is 83.7 cm³/mol. The monoisotopic (exact) mass is 307 g/mol. The third-order valence-corrected chi connectivity index (χ3v) is 3.72. The molecule has 1 fully saturated rings. The first-order valence-electron chi connectivity index (χ1n) is 7.62. The minimum atomic E-state index is -0.516.